The van der Waals surface area contributed by atoms with E-state index in [9.17, 15) is 9.18 Å². The van der Waals surface area contributed by atoms with Crippen LogP contribution in [0.1, 0.15) is 32.6 Å². The van der Waals surface area contributed by atoms with Crippen LogP contribution < -0.4 is 20.1 Å². The number of carbonyl (C=O) groups is 1. The van der Waals surface area contributed by atoms with E-state index in [0.29, 0.717) is 28.5 Å². The minimum absolute atomic E-state index is 0.0186. The second kappa shape index (κ2) is 9.56. The number of ether oxygens (including phenoxy) is 2. The first kappa shape index (κ1) is 22.1. The lowest BCUT2D eigenvalue weighted by atomic mass is 9.92. The second-order valence-electron chi connectivity index (χ2n) is 7.80. The number of nitrogens with zero attached hydrogens (tertiary/aromatic N) is 2. The van der Waals surface area contributed by atoms with E-state index in [1.165, 1.54) is 25.4 Å². The number of hydrogen-bond donors (Lipinski definition) is 2. The molecular formula is C23H24ClFN4O3. The van der Waals surface area contributed by atoms with Gasteiger partial charge in [-0.2, -0.15) is 0 Å². The van der Waals surface area contributed by atoms with Crippen LogP contribution in [0.25, 0.3) is 10.9 Å². The molecule has 3 aromatic rings. The molecule has 1 aliphatic rings. The van der Waals surface area contributed by atoms with Crippen LogP contribution in [0.3, 0.4) is 0 Å². The molecule has 9 heteroatoms. The van der Waals surface area contributed by atoms with Crippen molar-refractivity contribution in [3.05, 3.63) is 47.5 Å². The van der Waals surface area contributed by atoms with Gasteiger partial charge in [0, 0.05) is 36.5 Å². The summed E-state index contributed by atoms with van der Waals surface area (Å²) in [5.41, 5.74) is 1.26. The molecule has 1 heterocycles. The van der Waals surface area contributed by atoms with Crippen LogP contribution in [0.2, 0.25) is 5.02 Å². The van der Waals surface area contributed by atoms with Crippen molar-refractivity contribution in [3.8, 4) is 11.5 Å². The maximum Gasteiger partial charge on any atom is 0.217 e. The Bertz CT molecular complexity index is 1140. The van der Waals surface area contributed by atoms with Crippen molar-refractivity contribution in [2.45, 2.75) is 44.8 Å². The van der Waals surface area contributed by atoms with Gasteiger partial charge in [-0.1, -0.05) is 11.6 Å². The first-order chi connectivity index (χ1) is 15.4. The van der Waals surface area contributed by atoms with Gasteiger partial charge in [0.2, 0.25) is 5.91 Å². The summed E-state index contributed by atoms with van der Waals surface area (Å²) in [6.07, 6.45) is 4.91. The first-order valence-corrected chi connectivity index (χ1v) is 10.8. The van der Waals surface area contributed by atoms with Crippen LogP contribution in [0, 0.1) is 5.82 Å². The molecule has 0 unspecified atom stereocenters. The Morgan fingerprint density at radius 3 is 2.78 bits per heavy atom. The Morgan fingerprint density at radius 1 is 1.19 bits per heavy atom. The highest BCUT2D eigenvalue weighted by atomic mass is 35.5. The normalized spacial score (nSPS) is 18.2. The Labute approximate surface area is 190 Å². The second-order valence-corrected chi connectivity index (χ2v) is 8.21. The number of rotatable bonds is 6. The highest BCUT2D eigenvalue weighted by Crippen LogP contribution is 2.37. The Balaban J connectivity index is 1.63. The molecule has 168 valence electrons. The third-order valence-corrected chi connectivity index (χ3v) is 5.72. The smallest absolute Gasteiger partial charge is 0.217 e. The van der Waals surface area contributed by atoms with Gasteiger partial charge in [-0.05, 0) is 43.5 Å². The van der Waals surface area contributed by atoms with Crippen LogP contribution in [0.15, 0.2) is 36.7 Å². The van der Waals surface area contributed by atoms with Crippen molar-refractivity contribution in [1.29, 1.82) is 0 Å². The van der Waals surface area contributed by atoms with Gasteiger partial charge >= 0.3 is 0 Å². The van der Waals surface area contributed by atoms with E-state index in [1.54, 1.807) is 19.2 Å². The van der Waals surface area contributed by atoms with Crippen LogP contribution in [-0.4, -0.2) is 35.1 Å². The van der Waals surface area contributed by atoms with Gasteiger partial charge in [0.1, 0.15) is 24.1 Å². The lowest BCUT2D eigenvalue weighted by Crippen LogP contribution is -2.40. The fourth-order valence-electron chi connectivity index (χ4n) is 3.98. The molecule has 0 saturated heterocycles. The summed E-state index contributed by atoms with van der Waals surface area (Å²) in [5.74, 6) is 1.14. The average molecular weight is 459 g/mol. The third kappa shape index (κ3) is 5.02. The number of benzene rings is 2. The summed E-state index contributed by atoms with van der Waals surface area (Å²) in [6.45, 7) is 1.53. The number of carbonyl (C=O) groups excluding carboxylic acids is 1. The van der Waals surface area contributed by atoms with Crippen LogP contribution >= 0.6 is 11.6 Å². The van der Waals surface area contributed by atoms with E-state index >= 15 is 0 Å². The van der Waals surface area contributed by atoms with Gasteiger partial charge in [0.05, 0.1) is 17.6 Å². The van der Waals surface area contributed by atoms with Crippen LogP contribution in [0.5, 0.6) is 11.5 Å². The zero-order chi connectivity index (χ0) is 22.7. The molecule has 32 heavy (non-hydrogen) atoms. The number of fused-ring (bicyclic) bond motifs is 1. The van der Waals surface area contributed by atoms with E-state index in [2.05, 4.69) is 20.6 Å². The third-order valence-electron chi connectivity index (χ3n) is 5.43. The van der Waals surface area contributed by atoms with Gasteiger partial charge in [-0.3, -0.25) is 4.79 Å². The molecule has 1 saturated carbocycles. The minimum Gasteiger partial charge on any atom is -0.493 e. The van der Waals surface area contributed by atoms with E-state index in [4.69, 9.17) is 21.1 Å². The molecule has 0 aliphatic heterocycles. The lowest BCUT2D eigenvalue weighted by molar-refractivity contribution is -0.120. The quantitative estimate of drug-likeness (QED) is 0.540. The topological polar surface area (TPSA) is 85.4 Å². The standard InChI is InChI=1S/C23H24ClFN4O3/c1-13(30)28-14-4-3-5-16(8-14)32-22-10-17-20(11-21(22)31-2)26-12-27-23(17)29-15-6-7-19(25)18(24)9-15/h6-7,9-12,14,16H,3-5,8H2,1-2H3,(H,28,30)(H,26,27,29)/t14-,16-/m1/s1. The predicted molar refractivity (Wildman–Crippen MR) is 121 cm³/mol. The van der Waals surface area contributed by atoms with Crippen molar-refractivity contribution < 1.29 is 18.7 Å². The first-order valence-electron chi connectivity index (χ1n) is 10.4. The molecule has 2 N–H and O–H groups in total. The van der Waals surface area contributed by atoms with Gasteiger partial charge < -0.3 is 20.1 Å². The molecule has 0 bridgehead atoms. The fourth-order valence-corrected chi connectivity index (χ4v) is 4.16. The largest absolute Gasteiger partial charge is 0.493 e. The van der Waals surface area contributed by atoms with Crippen molar-refractivity contribution in [3.63, 3.8) is 0 Å². The van der Waals surface area contributed by atoms with Crippen LogP contribution in [-0.2, 0) is 4.79 Å². The van der Waals surface area contributed by atoms with Crippen molar-refractivity contribution >= 4 is 39.9 Å². The zero-order valence-electron chi connectivity index (χ0n) is 17.8. The Kier molecular flexibility index (Phi) is 6.60. The summed E-state index contributed by atoms with van der Waals surface area (Å²) in [7, 11) is 1.58. The molecule has 2 atom stereocenters. The molecule has 1 amide bonds. The maximum absolute atomic E-state index is 13.5. The zero-order valence-corrected chi connectivity index (χ0v) is 18.6. The molecule has 2 aromatic carbocycles. The summed E-state index contributed by atoms with van der Waals surface area (Å²) in [6, 6.07) is 8.10. The fraction of sp³-hybridized carbons (Fsp3) is 0.348. The number of halogens is 2. The molecule has 0 radical (unpaired) electrons. The average Bonchev–Trinajstić information content (AvgIpc) is 2.76. The van der Waals surface area contributed by atoms with E-state index in [-0.39, 0.29) is 23.1 Å². The highest BCUT2D eigenvalue weighted by Gasteiger charge is 2.25. The molecular weight excluding hydrogens is 435 g/mol. The maximum atomic E-state index is 13.5. The number of amides is 1. The highest BCUT2D eigenvalue weighted by molar-refractivity contribution is 6.31. The predicted octanol–water partition coefficient (Wildman–Crippen LogP) is 5.00. The number of methoxy groups -OCH3 is 1. The van der Waals surface area contributed by atoms with Gasteiger partial charge in [0.25, 0.3) is 0 Å². The number of hydrogen-bond acceptors (Lipinski definition) is 6. The van der Waals surface area contributed by atoms with Crippen molar-refractivity contribution in [1.82, 2.24) is 15.3 Å². The molecule has 0 spiro atoms. The number of aromatic nitrogens is 2. The number of nitrogens with one attached hydrogen (secondary N) is 2. The summed E-state index contributed by atoms with van der Waals surface area (Å²) >= 11 is 5.90. The lowest BCUT2D eigenvalue weighted by Gasteiger charge is -2.30. The van der Waals surface area contributed by atoms with Crippen molar-refractivity contribution in [2.24, 2.45) is 0 Å². The SMILES string of the molecule is COc1cc2ncnc(Nc3ccc(F)c(Cl)c3)c2cc1O[C@@H]1CCC[C@@H](NC(C)=O)C1. The molecule has 4 rings (SSSR count). The summed E-state index contributed by atoms with van der Waals surface area (Å²) in [4.78, 5) is 20.1. The monoisotopic (exact) mass is 458 g/mol. The van der Waals surface area contributed by atoms with E-state index in [1.807, 2.05) is 6.07 Å². The number of anilines is 2. The van der Waals surface area contributed by atoms with Gasteiger partial charge in [0.15, 0.2) is 11.5 Å². The minimum atomic E-state index is -0.491. The molecule has 1 fully saturated rings. The summed E-state index contributed by atoms with van der Waals surface area (Å²) < 4.78 is 25.4. The van der Waals surface area contributed by atoms with Crippen molar-refractivity contribution in [2.75, 3.05) is 12.4 Å². The Hall–Kier alpha value is -3.13. The Morgan fingerprint density at radius 2 is 2.03 bits per heavy atom. The van der Waals surface area contributed by atoms with Gasteiger partial charge in [-0.25, -0.2) is 14.4 Å². The van der Waals surface area contributed by atoms with Gasteiger partial charge in [-0.15, -0.1) is 0 Å². The van der Waals surface area contributed by atoms with Crippen LogP contribution in [0.4, 0.5) is 15.9 Å². The summed E-state index contributed by atoms with van der Waals surface area (Å²) in [5, 5.41) is 6.89. The molecule has 1 aliphatic carbocycles. The molecule has 1 aromatic heterocycles. The van der Waals surface area contributed by atoms with E-state index in [0.717, 1.165) is 31.1 Å². The van der Waals surface area contributed by atoms with E-state index < -0.39 is 5.82 Å². The molecule has 7 nitrogen and oxygen atoms in total.